The van der Waals surface area contributed by atoms with E-state index in [0.29, 0.717) is 13.1 Å². The Balaban J connectivity index is 2.94. The Hall–Kier alpha value is -1.62. The van der Waals surface area contributed by atoms with Crippen molar-refractivity contribution in [3.8, 4) is 0 Å². The Morgan fingerprint density at radius 3 is 2.56 bits per heavy atom. The van der Waals surface area contributed by atoms with E-state index in [-0.39, 0.29) is 5.91 Å². The molecule has 0 spiro atoms. The van der Waals surface area contributed by atoms with Crippen molar-refractivity contribution in [1.29, 1.82) is 0 Å². The molecule has 0 bridgehead atoms. The van der Waals surface area contributed by atoms with Crippen molar-refractivity contribution in [3.63, 3.8) is 0 Å². The van der Waals surface area contributed by atoms with E-state index in [9.17, 15) is 4.79 Å². The topological polar surface area (TPSA) is 62.5 Å². The maximum Gasteiger partial charge on any atom is 0.241 e. The van der Waals surface area contributed by atoms with E-state index >= 15 is 0 Å². The number of hydrogen-bond donors (Lipinski definition) is 1. The van der Waals surface area contributed by atoms with Gasteiger partial charge in [-0.25, -0.2) is 4.98 Å². The summed E-state index contributed by atoms with van der Waals surface area (Å²) in [5.74, 6) is 0.877. The summed E-state index contributed by atoms with van der Waals surface area (Å²) in [6.45, 7) is 5.50. The summed E-state index contributed by atoms with van der Waals surface area (Å²) in [5, 5.41) is 0. The maximum absolute atomic E-state index is 11.8. The van der Waals surface area contributed by atoms with E-state index in [2.05, 4.69) is 4.98 Å². The molecule has 0 aliphatic heterocycles. The number of pyridine rings is 1. The summed E-state index contributed by atoms with van der Waals surface area (Å²) in [4.78, 5) is 19.8. The number of nitrogens with two attached hydrogens (primary N) is 1. The van der Waals surface area contributed by atoms with Crippen LogP contribution >= 0.6 is 0 Å². The molecule has 0 saturated carbocycles. The Morgan fingerprint density at radius 1 is 1.39 bits per heavy atom. The van der Waals surface area contributed by atoms with Crippen LogP contribution in [0.1, 0.15) is 18.2 Å². The second-order valence-corrected chi connectivity index (χ2v) is 4.48. The van der Waals surface area contributed by atoms with Crippen molar-refractivity contribution in [1.82, 2.24) is 9.88 Å². The molecule has 0 aliphatic rings. The Morgan fingerprint density at radius 2 is 2.06 bits per heavy atom. The zero-order chi connectivity index (χ0) is 13.7. The van der Waals surface area contributed by atoms with Crippen LogP contribution in [0, 0.1) is 6.92 Å². The van der Waals surface area contributed by atoms with Gasteiger partial charge in [-0.2, -0.15) is 0 Å². The zero-order valence-corrected chi connectivity index (χ0v) is 11.6. The van der Waals surface area contributed by atoms with Gasteiger partial charge in [0.25, 0.3) is 0 Å². The molecule has 1 heterocycles. The molecule has 1 aromatic heterocycles. The zero-order valence-electron chi connectivity index (χ0n) is 11.6. The van der Waals surface area contributed by atoms with Crippen LogP contribution in [0.4, 0.5) is 5.82 Å². The standard InChI is InChI=1S/C13H22N4O/c1-5-17(9-13(18)16(3)4)12-7-11(8-14)6-10(2)15-12/h6-7H,5,8-9,14H2,1-4H3. The van der Waals surface area contributed by atoms with Crippen LogP contribution in [0.3, 0.4) is 0 Å². The summed E-state index contributed by atoms with van der Waals surface area (Å²) >= 11 is 0. The summed E-state index contributed by atoms with van der Waals surface area (Å²) in [6.07, 6.45) is 0. The number of likely N-dealkylation sites (N-methyl/N-ethyl adjacent to an activating group) is 2. The molecule has 0 aliphatic carbocycles. The van der Waals surface area contributed by atoms with E-state index in [1.165, 1.54) is 0 Å². The maximum atomic E-state index is 11.8. The highest BCUT2D eigenvalue weighted by atomic mass is 16.2. The average molecular weight is 250 g/mol. The molecule has 0 saturated heterocycles. The third kappa shape index (κ3) is 3.70. The molecule has 0 unspecified atom stereocenters. The highest BCUT2D eigenvalue weighted by Gasteiger charge is 2.13. The molecule has 100 valence electrons. The molecule has 0 atom stereocenters. The van der Waals surface area contributed by atoms with Crippen molar-refractivity contribution >= 4 is 11.7 Å². The van der Waals surface area contributed by atoms with Gasteiger partial charge in [0.1, 0.15) is 5.82 Å². The van der Waals surface area contributed by atoms with Crippen molar-refractivity contribution in [3.05, 3.63) is 23.4 Å². The number of carbonyl (C=O) groups is 1. The smallest absolute Gasteiger partial charge is 0.241 e. The number of amides is 1. The van der Waals surface area contributed by atoms with Crippen LogP contribution in [0.5, 0.6) is 0 Å². The number of aryl methyl sites for hydroxylation is 1. The van der Waals surface area contributed by atoms with Gasteiger partial charge in [0.05, 0.1) is 6.54 Å². The number of carbonyl (C=O) groups excluding carboxylic acids is 1. The highest BCUT2D eigenvalue weighted by molar-refractivity contribution is 5.80. The fraction of sp³-hybridized carbons (Fsp3) is 0.538. The quantitative estimate of drug-likeness (QED) is 0.838. The van der Waals surface area contributed by atoms with Crippen molar-refractivity contribution in [2.75, 3.05) is 32.1 Å². The molecule has 2 N–H and O–H groups in total. The van der Waals surface area contributed by atoms with Gasteiger partial charge in [-0.3, -0.25) is 4.79 Å². The predicted molar refractivity (Wildman–Crippen MR) is 73.4 cm³/mol. The van der Waals surface area contributed by atoms with Gasteiger partial charge in [0.2, 0.25) is 5.91 Å². The fourth-order valence-electron chi connectivity index (χ4n) is 1.66. The number of rotatable bonds is 5. The molecular weight excluding hydrogens is 228 g/mol. The predicted octanol–water partition coefficient (Wildman–Crippen LogP) is 0.763. The molecule has 0 radical (unpaired) electrons. The van der Waals surface area contributed by atoms with Gasteiger partial charge in [0, 0.05) is 32.9 Å². The monoisotopic (exact) mass is 250 g/mol. The van der Waals surface area contributed by atoms with Crippen LogP contribution in [0.15, 0.2) is 12.1 Å². The van der Waals surface area contributed by atoms with Crippen LogP contribution in [0.25, 0.3) is 0 Å². The molecule has 18 heavy (non-hydrogen) atoms. The van der Waals surface area contributed by atoms with Crippen molar-refractivity contribution in [2.24, 2.45) is 5.73 Å². The minimum Gasteiger partial charge on any atom is -0.348 e. The van der Waals surface area contributed by atoms with Crippen LogP contribution in [-0.4, -0.2) is 43.0 Å². The molecule has 1 rings (SSSR count). The van der Waals surface area contributed by atoms with Gasteiger partial charge in [-0.15, -0.1) is 0 Å². The van der Waals surface area contributed by atoms with Gasteiger partial charge < -0.3 is 15.5 Å². The number of anilines is 1. The average Bonchev–Trinajstić information content (AvgIpc) is 2.34. The molecule has 0 fully saturated rings. The molecular formula is C13H22N4O. The second-order valence-electron chi connectivity index (χ2n) is 4.48. The molecule has 0 aromatic carbocycles. The lowest BCUT2D eigenvalue weighted by molar-refractivity contribution is -0.127. The van der Waals surface area contributed by atoms with Crippen LogP contribution < -0.4 is 10.6 Å². The number of hydrogen-bond acceptors (Lipinski definition) is 4. The summed E-state index contributed by atoms with van der Waals surface area (Å²) in [5.41, 5.74) is 7.61. The molecule has 5 heteroatoms. The third-order valence-corrected chi connectivity index (χ3v) is 2.77. The molecule has 5 nitrogen and oxygen atoms in total. The van der Waals surface area contributed by atoms with Crippen LogP contribution in [0.2, 0.25) is 0 Å². The highest BCUT2D eigenvalue weighted by Crippen LogP contribution is 2.14. The minimum atomic E-state index is 0.0643. The lowest BCUT2D eigenvalue weighted by atomic mass is 10.2. The molecule has 1 amide bonds. The van der Waals surface area contributed by atoms with E-state index in [4.69, 9.17) is 5.73 Å². The third-order valence-electron chi connectivity index (χ3n) is 2.77. The number of nitrogens with zero attached hydrogens (tertiary/aromatic N) is 3. The first-order chi connectivity index (χ1) is 8.47. The minimum absolute atomic E-state index is 0.0643. The van der Waals surface area contributed by atoms with Crippen LogP contribution in [-0.2, 0) is 11.3 Å². The second kappa shape index (κ2) is 6.35. The SMILES string of the molecule is CCN(CC(=O)N(C)C)c1cc(CN)cc(C)n1. The van der Waals surface area contributed by atoms with Crippen molar-refractivity contribution < 1.29 is 4.79 Å². The Kier molecular flexibility index (Phi) is 5.09. The van der Waals surface area contributed by atoms with Gasteiger partial charge in [-0.05, 0) is 31.5 Å². The first-order valence-electron chi connectivity index (χ1n) is 6.10. The lowest BCUT2D eigenvalue weighted by Crippen LogP contribution is -2.37. The fourth-order valence-corrected chi connectivity index (χ4v) is 1.66. The Bertz CT molecular complexity index is 417. The lowest BCUT2D eigenvalue weighted by Gasteiger charge is -2.24. The van der Waals surface area contributed by atoms with Gasteiger partial charge in [0.15, 0.2) is 0 Å². The largest absolute Gasteiger partial charge is 0.348 e. The van der Waals surface area contributed by atoms with Crippen molar-refractivity contribution in [2.45, 2.75) is 20.4 Å². The first kappa shape index (κ1) is 14.4. The Labute approximate surface area is 109 Å². The van der Waals surface area contributed by atoms with Gasteiger partial charge >= 0.3 is 0 Å². The van der Waals surface area contributed by atoms with Gasteiger partial charge in [-0.1, -0.05) is 0 Å². The van der Waals surface area contributed by atoms with E-state index < -0.39 is 0 Å². The molecule has 1 aromatic rings. The first-order valence-corrected chi connectivity index (χ1v) is 6.10. The summed E-state index contributed by atoms with van der Waals surface area (Å²) in [6, 6.07) is 3.91. The number of aromatic nitrogens is 1. The normalized spacial score (nSPS) is 10.3. The van der Waals surface area contributed by atoms with E-state index in [1.54, 1.807) is 19.0 Å². The van der Waals surface area contributed by atoms with E-state index in [1.807, 2.05) is 30.9 Å². The van der Waals surface area contributed by atoms with E-state index in [0.717, 1.165) is 23.6 Å². The summed E-state index contributed by atoms with van der Waals surface area (Å²) < 4.78 is 0. The summed E-state index contributed by atoms with van der Waals surface area (Å²) in [7, 11) is 3.51.